The summed E-state index contributed by atoms with van der Waals surface area (Å²) < 4.78 is 0. The molecule has 3 rings (SSSR count). The maximum absolute atomic E-state index is 6.66. The first-order valence-electron chi connectivity index (χ1n) is 7.77. The first kappa shape index (κ1) is 14.9. The Bertz CT molecular complexity index is 665. The minimum absolute atomic E-state index is 0.659. The molecule has 2 aromatic rings. The van der Waals surface area contributed by atoms with Crippen LogP contribution in [0.5, 0.6) is 0 Å². The van der Waals surface area contributed by atoms with E-state index < -0.39 is 8.80 Å². The van der Waals surface area contributed by atoms with Gasteiger partial charge in [-0.3, -0.25) is 0 Å². The zero-order valence-electron chi connectivity index (χ0n) is 13.2. The summed E-state index contributed by atoms with van der Waals surface area (Å²) in [5, 5.41) is 2.47. The summed E-state index contributed by atoms with van der Waals surface area (Å²) >= 11 is 6.66. The van der Waals surface area contributed by atoms with Gasteiger partial charge in [0.2, 0.25) is 0 Å². The largest absolute Gasteiger partial charge is 0.0934 e. The van der Waals surface area contributed by atoms with Crippen molar-refractivity contribution in [3.05, 3.63) is 52.5 Å². The van der Waals surface area contributed by atoms with Crippen molar-refractivity contribution in [1.29, 1.82) is 0 Å². The van der Waals surface area contributed by atoms with E-state index >= 15 is 0 Å². The molecule has 0 saturated heterocycles. The van der Waals surface area contributed by atoms with Crippen LogP contribution in [-0.2, 0) is 6.42 Å². The average Bonchev–Trinajstić information content (AvgIpc) is 2.79. The highest BCUT2D eigenvalue weighted by molar-refractivity contribution is 6.78. The van der Waals surface area contributed by atoms with Crippen LogP contribution in [0, 0.1) is 0 Å². The normalized spacial score (nSPS) is 13.1. The quantitative estimate of drug-likeness (QED) is 0.565. The number of benzene rings is 2. The SMILES string of the molecule is CC(C)[Si](c1c(Cl)ccc2c1Cc1ccccc1-2)C(C)C. The maximum Gasteiger partial charge on any atom is 0.0934 e. The van der Waals surface area contributed by atoms with Crippen LogP contribution >= 0.6 is 11.6 Å². The fourth-order valence-corrected chi connectivity index (χ4v) is 7.66. The average molecular weight is 314 g/mol. The molecule has 0 nitrogen and oxygen atoms in total. The van der Waals surface area contributed by atoms with Gasteiger partial charge in [-0.25, -0.2) is 0 Å². The van der Waals surface area contributed by atoms with E-state index in [-0.39, 0.29) is 0 Å². The van der Waals surface area contributed by atoms with Crippen molar-refractivity contribution in [2.75, 3.05) is 0 Å². The summed E-state index contributed by atoms with van der Waals surface area (Å²) in [4.78, 5) is 0. The van der Waals surface area contributed by atoms with E-state index in [1.54, 1.807) is 0 Å². The van der Waals surface area contributed by atoms with Crippen molar-refractivity contribution < 1.29 is 0 Å². The monoisotopic (exact) mass is 313 g/mol. The number of rotatable bonds is 3. The van der Waals surface area contributed by atoms with Crippen molar-refractivity contribution in [1.82, 2.24) is 0 Å². The van der Waals surface area contributed by atoms with Gasteiger partial charge in [0.1, 0.15) is 0 Å². The molecule has 0 atom stereocenters. The number of fused-ring (bicyclic) bond motifs is 3. The Morgan fingerprint density at radius 2 is 1.57 bits per heavy atom. The molecule has 1 aliphatic rings. The first-order chi connectivity index (χ1) is 10.0. The summed E-state index contributed by atoms with van der Waals surface area (Å²) in [7, 11) is -0.659. The lowest BCUT2D eigenvalue weighted by Crippen LogP contribution is -2.39. The molecule has 0 aromatic heterocycles. The van der Waals surface area contributed by atoms with Gasteiger partial charge >= 0.3 is 0 Å². The van der Waals surface area contributed by atoms with Crippen LogP contribution in [0.15, 0.2) is 36.4 Å². The number of halogens is 1. The van der Waals surface area contributed by atoms with Crippen molar-refractivity contribution >= 4 is 25.6 Å². The first-order valence-corrected chi connectivity index (χ1v) is 9.80. The minimum atomic E-state index is -0.659. The number of hydrogen-bond acceptors (Lipinski definition) is 0. The summed E-state index contributed by atoms with van der Waals surface area (Å²) in [5.74, 6) is 0. The van der Waals surface area contributed by atoms with Crippen molar-refractivity contribution in [2.45, 2.75) is 45.2 Å². The van der Waals surface area contributed by atoms with Crippen molar-refractivity contribution in [3.8, 4) is 11.1 Å². The van der Waals surface area contributed by atoms with Gasteiger partial charge in [0.25, 0.3) is 0 Å². The third kappa shape index (κ3) is 2.47. The Morgan fingerprint density at radius 3 is 2.24 bits per heavy atom. The van der Waals surface area contributed by atoms with Gasteiger partial charge in [0, 0.05) is 5.02 Å². The maximum atomic E-state index is 6.66. The van der Waals surface area contributed by atoms with Crippen LogP contribution in [0.1, 0.15) is 38.8 Å². The second kappa shape index (κ2) is 5.62. The van der Waals surface area contributed by atoms with Gasteiger partial charge in [0.05, 0.1) is 8.80 Å². The highest BCUT2D eigenvalue weighted by Crippen LogP contribution is 2.38. The van der Waals surface area contributed by atoms with E-state index in [9.17, 15) is 0 Å². The topological polar surface area (TPSA) is 0 Å². The van der Waals surface area contributed by atoms with Gasteiger partial charge in [-0.2, -0.15) is 0 Å². The second-order valence-corrected chi connectivity index (χ2v) is 10.7. The molecule has 0 amide bonds. The van der Waals surface area contributed by atoms with Crippen LogP contribution in [-0.4, -0.2) is 8.80 Å². The Balaban J connectivity index is 2.20. The lowest BCUT2D eigenvalue weighted by Gasteiger charge is -2.26. The summed E-state index contributed by atoms with van der Waals surface area (Å²) in [6.45, 7) is 9.41. The van der Waals surface area contributed by atoms with Gasteiger partial charge < -0.3 is 0 Å². The lowest BCUT2D eigenvalue weighted by atomic mass is 10.1. The number of hydrogen-bond donors (Lipinski definition) is 0. The Labute approximate surface area is 134 Å². The highest BCUT2D eigenvalue weighted by Gasteiger charge is 2.31. The van der Waals surface area contributed by atoms with E-state index in [4.69, 9.17) is 11.6 Å². The van der Waals surface area contributed by atoms with Gasteiger partial charge in [-0.15, -0.1) is 0 Å². The molecule has 0 unspecified atom stereocenters. The van der Waals surface area contributed by atoms with E-state index in [0.717, 1.165) is 11.4 Å². The molecular formula is C19H22ClSi. The Kier molecular flexibility index (Phi) is 3.98. The highest BCUT2D eigenvalue weighted by atomic mass is 35.5. The molecule has 0 heterocycles. The van der Waals surface area contributed by atoms with Crippen LogP contribution < -0.4 is 5.19 Å². The van der Waals surface area contributed by atoms with E-state index in [0.29, 0.717) is 11.1 Å². The van der Waals surface area contributed by atoms with Gasteiger partial charge in [-0.1, -0.05) is 69.6 Å². The molecule has 0 spiro atoms. The van der Waals surface area contributed by atoms with Crippen LogP contribution in [0.3, 0.4) is 0 Å². The van der Waals surface area contributed by atoms with E-state index in [2.05, 4.69) is 64.1 Å². The predicted octanol–water partition coefficient (Wildman–Crippen LogP) is 5.43. The molecule has 1 aliphatic carbocycles. The lowest BCUT2D eigenvalue weighted by molar-refractivity contribution is 0.950. The zero-order chi connectivity index (χ0) is 15.1. The van der Waals surface area contributed by atoms with E-state index in [1.807, 2.05) is 0 Å². The fraction of sp³-hybridized carbons (Fsp3) is 0.368. The molecule has 21 heavy (non-hydrogen) atoms. The third-order valence-electron chi connectivity index (χ3n) is 4.47. The van der Waals surface area contributed by atoms with E-state index in [1.165, 1.54) is 27.4 Å². The smallest absolute Gasteiger partial charge is 0.0845 e. The molecule has 0 fully saturated rings. The second-order valence-electron chi connectivity index (χ2n) is 6.55. The molecule has 0 bridgehead atoms. The molecule has 0 N–H and O–H groups in total. The van der Waals surface area contributed by atoms with Gasteiger partial charge in [-0.05, 0) is 51.0 Å². The Hall–Kier alpha value is -1.05. The predicted molar refractivity (Wildman–Crippen MR) is 95.3 cm³/mol. The molecule has 109 valence electrons. The van der Waals surface area contributed by atoms with Crippen LogP contribution in [0.2, 0.25) is 16.1 Å². The molecule has 2 heteroatoms. The molecule has 2 aromatic carbocycles. The van der Waals surface area contributed by atoms with Crippen LogP contribution in [0.4, 0.5) is 0 Å². The van der Waals surface area contributed by atoms with Crippen molar-refractivity contribution in [3.63, 3.8) is 0 Å². The summed E-state index contributed by atoms with van der Waals surface area (Å²) in [6, 6.07) is 13.1. The molecule has 1 radical (unpaired) electrons. The fourth-order valence-electron chi connectivity index (χ4n) is 3.74. The summed E-state index contributed by atoms with van der Waals surface area (Å²) in [6.07, 6.45) is 1.05. The van der Waals surface area contributed by atoms with Crippen LogP contribution in [0.25, 0.3) is 11.1 Å². The van der Waals surface area contributed by atoms with Gasteiger partial charge in [0.15, 0.2) is 0 Å². The third-order valence-corrected chi connectivity index (χ3v) is 8.58. The molecular weight excluding hydrogens is 292 g/mol. The van der Waals surface area contributed by atoms with Crippen molar-refractivity contribution in [2.24, 2.45) is 0 Å². The minimum Gasteiger partial charge on any atom is -0.0845 e. The Morgan fingerprint density at radius 1 is 0.905 bits per heavy atom. The zero-order valence-corrected chi connectivity index (χ0v) is 15.0. The summed E-state index contributed by atoms with van der Waals surface area (Å²) in [5.41, 5.74) is 7.16. The standard InChI is InChI=1S/C19H22ClSi/c1-12(2)21(13(3)4)19-17-11-14-7-5-6-8-15(14)16(17)9-10-18(19)20/h5-10,12-13H,11H2,1-4H3. The molecule has 0 aliphatic heterocycles. The molecule has 0 saturated carbocycles.